The van der Waals surface area contributed by atoms with Crippen LogP contribution in [0.5, 0.6) is 0 Å². The molecule has 0 spiro atoms. The molecule has 0 aliphatic heterocycles. The summed E-state index contributed by atoms with van der Waals surface area (Å²) in [4.78, 5) is 16.5. The van der Waals surface area contributed by atoms with Gasteiger partial charge in [-0.15, -0.1) is 11.3 Å². The molecule has 0 fully saturated rings. The molecule has 3 nitrogen and oxygen atoms in total. The van der Waals surface area contributed by atoms with Crippen molar-refractivity contribution in [2.75, 3.05) is 5.75 Å². The third-order valence-corrected chi connectivity index (χ3v) is 5.56. The highest BCUT2D eigenvalue weighted by Crippen LogP contribution is 2.27. The van der Waals surface area contributed by atoms with Crippen LogP contribution < -0.4 is 5.32 Å². The molecule has 1 heterocycles. The van der Waals surface area contributed by atoms with Gasteiger partial charge in [0.25, 0.3) is 0 Å². The lowest BCUT2D eigenvalue weighted by Crippen LogP contribution is -2.24. The van der Waals surface area contributed by atoms with Crippen LogP contribution in [0.4, 0.5) is 0 Å². The summed E-state index contributed by atoms with van der Waals surface area (Å²) in [6, 6.07) is 17.5. The predicted molar refractivity (Wildman–Crippen MR) is 102 cm³/mol. The summed E-state index contributed by atoms with van der Waals surface area (Å²) in [5, 5.41) is 5.61. The van der Waals surface area contributed by atoms with Crippen LogP contribution in [0.3, 0.4) is 0 Å². The maximum atomic E-state index is 12.0. The zero-order valence-electron chi connectivity index (χ0n) is 12.7. The van der Waals surface area contributed by atoms with Crippen LogP contribution in [-0.4, -0.2) is 16.6 Å². The molecule has 0 saturated carbocycles. The SMILES string of the molecule is O=C(CSc1nc(-c2ccccc2)cs1)NCc1ccc(Cl)cc1. The molecule has 0 aliphatic carbocycles. The fourth-order valence-corrected chi connectivity index (χ4v) is 3.84. The lowest BCUT2D eigenvalue weighted by molar-refractivity contribution is -0.118. The highest BCUT2D eigenvalue weighted by Gasteiger charge is 2.08. The van der Waals surface area contributed by atoms with Gasteiger partial charge in [0, 0.05) is 22.5 Å². The summed E-state index contributed by atoms with van der Waals surface area (Å²) < 4.78 is 0.899. The Morgan fingerprint density at radius 2 is 1.88 bits per heavy atom. The normalized spacial score (nSPS) is 10.5. The van der Waals surface area contributed by atoms with E-state index in [9.17, 15) is 4.79 Å². The average Bonchev–Trinajstić information content (AvgIpc) is 3.09. The molecule has 1 amide bonds. The molecule has 24 heavy (non-hydrogen) atoms. The fourth-order valence-electron chi connectivity index (χ4n) is 2.05. The molecule has 1 aromatic heterocycles. The summed E-state index contributed by atoms with van der Waals surface area (Å²) in [5.74, 6) is 0.349. The summed E-state index contributed by atoms with van der Waals surface area (Å²) in [6.07, 6.45) is 0. The third-order valence-electron chi connectivity index (χ3n) is 3.28. The van der Waals surface area contributed by atoms with E-state index in [0.717, 1.165) is 21.2 Å². The van der Waals surface area contributed by atoms with Crippen molar-refractivity contribution in [2.45, 2.75) is 10.9 Å². The van der Waals surface area contributed by atoms with Gasteiger partial charge in [0.15, 0.2) is 4.34 Å². The van der Waals surface area contributed by atoms with Crippen LogP contribution in [0.1, 0.15) is 5.56 Å². The molecule has 3 rings (SSSR count). The number of nitrogens with one attached hydrogen (secondary N) is 1. The van der Waals surface area contributed by atoms with Gasteiger partial charge in [-0.3, -0.25) is 4.79 Å². The largest absolute Gasteiger partial charge is 0.351 e. The Kier molecular flexibility index (Phi) is 5.91. The first kappa shape index (κ1) is 17.0. The fraction of sp³-hybridized carbons (Fsp3) is 0.111. The van der Waals surface area contributed by atoms with Crippen LogP contribution in [0.15, 0.2) is 64.3 Å². The molecule has 0 radical (unpaired) electrons. The summed E-state index contributed by atoms with van der Waals surface area (Å²) in [7, 11) is 0. The monoisotopic (exact) mass is 374 g/mol. The Labute approximate surface area is 154 Å². The maximum Gasteiger partial charge on any atom is 0.230 e. The average molecular weight is 375 g/mol. The Morgan fingerprint density at radius 1 is 1.12 bits per heavy atom. The molecular weight excluding hydrogens is 360 g/mol. The number of amides is 1. The van der Waals surface area contributed by atoms with E-state index < -0.39 is 0 Å². The predicted octanol–water partition coefficient (Wildman–Crippen LogP) is 4.87. The Bertz CT molecular complexity index is 803. The van der Waals surface area contributed by atoms with Gasteiger partial charge in [-0.25, -0.2) is 4.98 Å². The smallest absolute Gasteiger partial charge is 0.230 e. The van der Waals surface area contributed by atoms with Crippen molar-refractivity contribution >= 4 is 40.6 Å². The number of hydrogen-bond donors (Lipinski definition) is 1. The molecule has 0 atom stereocenters. The molecule has 0 unspecified atom stereocenters. The van der Waals surface area contributed by atoms with E-state index >= 15 is 0 Å². The van der Waals surface area contributed by atoms with E-state index in [0.29, 0.717) is 17.3 Å². The van der Waals surface area contributed by atoms with Crippen LogP contribution in [-0.2, 0) is 11.3 Å². The van der Waals surface area contributed by atoms with E-state index in [2.05, 4.69) is 10.3 Å². The van der Waals surface area contributed by atoms with Crippen LogP contribution in [0.2, 0.25) is 5.02 Å². The van der Waals surface area contributed by atoms with Crippen molar-refractivity contribution in [1.82, 2.24) is 10.3 Å². The van der Waals surface area contributed by atoms with Gasteiger partial charge in [-0.05, 0) is 17.7 Å². The number of thiazole rings is 1. The van der Waals surface area contributed by atoms with E-state index in [-0.39, 0.29) is 5.91 Å². The Morgan fingerprint density at radius 3 is 2.62 bits per heavy atom. The first-order chi connectivity index (χ1) is 11.7. The molecule has 0 bridgehead atoms. The van der Waals surface area contributed by atoms with Crippen molar-refractivity contribution in [2.24, 2.45) is 0 Å². The zero-order valence-corrected chi connectivity index (χ0v) is 15.1. The van der Waals surface area contributed by atoms with E-state index in [1.807, 2.05) is 60.0 Å². The zero-order chi connectivity index (χ0) is 16.8. The molecular formula is C18H15ClN2OS2. The maximum absolute atomic E-state index is 12.0. The number of hydrogen-bond acceptors (Lipinski definition) is 4. The van der Waals surface area contributed by atoms with Gasteiger partial charge in [0.2, 0.25) is 5.91 Å². The lowest BCUT2D eigenvalue weighted by atomic mass is 10.2. The number of benzene rings is 2. The molecule has 0 saturated heterocycles. The number of halogens is 1. The second kappa shape index (κ2) is 8.33. The van der Waals surface area contributed by atoms with Crippen molar-refractivity contribution < 1.29 is 4.79 Å². The number of nitrogens with zero attached hydrogens (tertiary/aromatic N) is 1. The number of thioether (sulfide) groups is 1. The molecule has 122 valence electrons. The highest BCUT2D eigenvalue weighted by molar-refractivity contribution is 8.01. The summed E-state index contributed by atoms with van der Waals surface area (Å²) in [6.45, 7) is 0.504. The number of carbonyl (C=O) groups is 1. The van der Waals surface area contributed by atoms with Crippen LogP contribution in [0.25, 0.3) is 11.3 Å². The number of carbonyl (C=O) groups excluding carboxylic acids is 1. The number of aromatic nitrogens is 1. The minimum absolute atomic E-state index is 0.00795. The van der Waals surface area contributed by atoms with E-state index in [1.165, 1.54) is 11.8 Å². The van der Waals surface area contributed by atoms with Gasteiger partial charge < -0.3 is 5.32 Å². The third kappa shape index (κ3) is 4.84. The van der Waals surface area contributed by atoms with Crippen molar-refractivity contribution in [3.63, 3.8) is 0 Å². The minimum atomic E-state index is -0.00795. The second-order valence-electron chi connectivity index (χ2n) is 5.06. The summed E-state index contributed by atoms with van der Waals surface area (Å²) in [5.41, 5.74) is 3.07. The van der Waals surface area contributed by atoms with Gasteiger partial charge in [0.05, 0.1) is 11.4 Å². The first-order valence-electron chi connectivity index (χ1n) is 7.35. The molecule has 6 heteroatoms. The Hall–Kier alpha value is -1.82. The second-order valence-corrected chi connectivity index (χ2v) is 7.57. The van der Waals surface area contributed by atoms with Crippen molar-refractivity contribution in [3.05, 3.63) is 70.6 Å². The van der Waals surface area contributed by atoms with Gasteiger partial charge in [0.1, 0.15) is 0 Å². The topological polar surface area (TPSA) is 42.0 Å². The van der Waals surface area contributed by atoms with Crippen molar-refractivity contribution in [3.8, 4) is 11.3 Å². The minimum Gasteiger partial charge on any atom is -0.351 e. The molecule has 3 aromatic rings. The van der Waals surface area contributed by atoms with Crippen LogP contribution >= 0.6 is 34.7 Å². The standard InChI is InChI=1S/C18H15ClN2OS2/c19-15-8-6-13(7-9-15)10-20-17(22)12-24-18-21-16(11-23-18)14-4-2-1-3-5-14/h1-9,11H,10,12H2,(H,20,22). The highest BCUT2D eigenvalue weighted by atomic mass is 35.5. The van der Waals surface area contributed by atoms with E-state index in [4.69, 9.17) is 11.6 Å². The first-order valence-corrected chi connectivity index (χ1v) is 9.60. The molecule has 2 aromatic carbocycles. The lowest BCUT2D eigenvalue weighted by Gasteiger charge is -2.04. The quantitative estimate of drug-likeness (QED) is 0.626. The number of rotatable bonds is 6. The summed E-state index contributed by atoms with van der Waals surface area (Å²) >= 11 is 8.86. The molecule has 0 aliphatic rings. The Balaban J connectivity index is 1.48. The van der Waals surface area contributed by atoms with Gasteiger partial charge in [-0.1, -0.05) is 65.8 Å². The van der Waals surface area contributed by atoms with Crippen molar-refractivity contribution in [1.29, 1.82) is 0 Å². The van der Waals surface area contributed by atoms with E-state index in [1.54, 1.807) is 11.3 Å². The van der Waals surface area contributed by atoms with Gasteiger partial charge >= 0.3 is 0 Å². The van der Waals surface area contributed by atoms with Gasteiger partial charge in [-0.2, -0.15) is 0 Å². The molecule has 1 N–H and O–H groups in total. The van der Waals surface area contributed by atoms with Crippen LogP contribution in [0, 0.1) is 0 Å².